The molecule has 146 valence electrons. The molecule has 28 heavy (non-hydrogen) atoms. The minimum Gasteiger partial charge on any atom is -0.379 e. The number of nitrogens with zero attached hydrogens (tertiary/aromatic N) is 2. The topological polar surface area (TPSA) is 84.7 Å². The van der Waals surface area contributed by atoms with Crippen molar-refractivity contribution < 1.29 is 14.5 Å². The monoisotopic (exact) mass is 381 g/mol. The van der Waals surface area contributed by atoms with Crippen LogP contribution in [0.15, 0.2) is 54.6 Å². The van der Waals surface area contributed by atoms with Gasteiger partial charge in [0.25, 0.3) is 5.69 Å². The molecule has 1 aliphatic rings. The van der Waals surface area contributed by atoms with E-state index in [1.807, 2.05) is 18.2 Å². The first-order valence-corrected chi connectivity index (χ1v) is 9.19. The maximum absolute atomic E-state index is 12.2. The van der Waals surface area contributed by atoms with Crippen LogP contribution in [0.25, 0.3) is 6.08 Å². The predicted octanol–water partition coefficient (Wildman–Crippen LogP) is 2.76. The number of ether oxygens (including phenoxy) is 1. The molecule has 7 heteroatoms. The van der Waals surface area contributed by atoms with E-state index in [9.17, 15) is 14.9 Å². The maximum Gasteiger partial charge on any atom is 0.276 e. The highest BCUT2D eigenvalue weighted by molar-refractivity contribution is 5.92. The Morgan fingerprint density at radius 2 is 1.79 bits per heavy atom. The fourth-order valence-corrected chi connectivity index (χ4v) is 3.09. The van der Waals surface area contributed by atoms with E-state index in [1.54, 1.807) is 18.2 Å². The van der Waals surface area contributed by atoms with Gasteiger partial charge in [-0.25, -0.2) is 0 Å². The Bertz CT molecular complexity index is 860. The number of nitrogens with one attached hydrogen (secondary N) is 1. The first-order chi connectivity index (χ1) is 13.6. The number of nitro groups is 1. The van der Waals surface area contributed by atoms with Gasteiger partial charge in [-0.15, -0.1) is 0 Å². The van der Waals surface area contributed by atoms with E-state index in [2.05, 4.69) is 16.3 Å². The standard InChI is InChI=1S/C21H23N3O4/c25-21(10-9-17-5-3-4-8-20(17)24(26)27)22-15-18-6-1-2-7-19(18)16-23-11-13-28-14-12-23/h1-10H,11-16H2,(H,22,25)/b10-9+. The Kier molecular flexibility index (Phi) is 6.89. The van der Waals surface area contributed by atoms with Gasteiger partial charge in [0, 0.05) is 38.3 Å². The zero-order valence-corrected chi connectivity index (χ0v) is 15.5. The number of amides is 1. The van der Waals surface area contributed by atoms with Gasteiger partial charge >= 0.3 is 0 Å². The van der Waals surface area contributed by atoms with Crippen molar-refractivity contribution in [3.63, 3.8) is 0 Å². The van der Waals surface area contributed by atoms with E-state index in [0.717, 1.165) is 38.4 Å². The molecule has 0 unspecified atom stereocenters. The molecule has 3 rings (SSSR count). The molecule has 0 atom stereocenters. The Labute approximate surface area is 163 Å². The smallest absolute Gasteiger partial charge is 0.276 e. The largest absolute Gasteiger partial charge is 0.379 e. The molecule has 0 spiro atoms. The molecule has 1 fully saturated rings. The van der Waals surface area contributed by atoms with Crippen LogP contribution in [-0.4, -0.2) is 42.0 Å². The molecule has 1 amide bonds. The highest BCUT2D eigenvalue weighted by Gasteiger charge is 2.13. The molecule has 1 saturated heterocycles. The van der Waals surface area contributed by atoms with Gasteiger partial charge in [-0.1, -0.05) is 36.4 Å². The zero-order valence-electron chi connectivity index (χ0n) is 15.5. The fourth-order valence-electron chi connectivity index (χ4n) is 3.09. The van der Waals surface area contributed by atoms with Crippen molar-refractivity contribution in [2.75, 3.05) is 26.3 Å². The Hall–Kier alpha value is -3.03. The molecule has 0 saturated carbocycles. The first kappa shape index (κ1) is 19.7. The van der Waals surface area contributed by atoms with Gasteiger partial charge in [0.1, 0.15) is 0 Å². The summed E-state index contributed by atoms with van der Waals surface area (Å²) in [6.45, 7) is 4.52. The van der Waals surface area contributed by atoms with Crippen LogP contribution in [0.2, 0.25) is 0 Å². The number of hydrogen-bond donors (Lipinski definition) is 1. The van der Waals surface area contributed by atoms with Crippen molar-refractivity contribution in [2.45, 2.75) is 13.1 Å². The molecule has 0 aromatic heterocycles. The summed E-state index contributed by atoms with van der Waals surface area (Å²) < 4.78 is 5.38. The average Bonchev–Trinajstić information content (AvgIpc) is 2.72. The number of para-hydroxylation sites is 1. The van der Waals surface area contributed by atoms with Crippen LogP contribution in [0.5, 0.6) is 0 Å². The molecule has 0 aliphatic carbocycles. The molecule has 1 N–H and O–H groups in total. The van der Waals surface area contributed by atoms with E-state index in [0.29, 0.717) is 12.1 Å². The van der Waals surface area contributed by atoms with Crippen molar-refractivity contribution in [1.82, 2.24) is 10.2 Å². The molecule has 1 heterocycles. The number of morpholine rings is 1. The molecule has 0 radical (unpaired) electrons. The van der Waals surface area contributed by atoms with Gasteiger partial charge in [0.15, 0.2) is 0 Å². The molecular formula is C21H23N3O4. The van der Waals surface area contributed by atoms with Crippen LogP contribution in [-0.2, 0) is 22.6 Å². The van der Waals surface area contributed by atoms with Gasteiger partial charge in [-0.05, 0) is 23.3 Å². The minimum absolute atomic E-state index is 0.0255. The number of hydrogen-bond acceptors (Lipinski definition) is 5. The van der Waals surface area contributed by atoms with Crippen LogP contribution in [0, 0.1) is 10.1 Å². The molecule has 0 bridgehead atoms. The van der Waals surface area contributed by atoms with Crippen LogP contribution >= 0.6 is 0 Å². The SMILES string of the molecule is O=C(/C=C/c1ccccc1[N+](=O)[O-])NCc1ccccc1CN1CCOCC1. The highest BCUT2D eigenvalue weighted by Crippen LogP contribution is 2.19. The van der Waals surface area contributed by atoms with E-state index < -0.39 is 4.92 Å². The molecule has 1 aliphatic heterocycles. The lowest BCUT2D eigenvalue weighted by atomic mass is 10.1. The van der Waals surface area contributed by atoms with Gasteiger partial charge in [0.05, 0.1) is 23.7 Å². The van der Waals surface area contributed by atoms with Crippen molar-refractivity contribution in [3.8, 4) is 0 Å². The third-order valence-electron chi connectivity index (χ3n) is 4.62. The Morgan fingerprint density at radius 1 is 1.11 bits per heavy atom. The molecule has 7 nitrogen and oxygen atoms in total. The highest BCUT2D eigenvalue weighted by atomic mass is 16.6. The summed E-state index contributed by atoms with van der Waals surface area (Å²) in [6, 6.07) is 14.3. The second kappa shape index (κ2) is 9.77. The summed E-state index contributed by atoms with van der Waals surface area (Å²) in [6.07, 6.45) is 2.79. The molecule has 2 aromatic rings. The fraction of sp³-hybridized carbons (Fsp3) is 0.286. The summed E-state index contributed by atoms with van der Waals surface area (Å²) in [7, 11) is 0. The quantitative estimate of drug-likeness (QED) is 0.453. The van der Waals surface area contributed by atoms with E-state index in [4.69, 9.17) is 4.74 Å². The number of carbonyl (C=O) groups excluding carboxylic acids is 1. The van der Waals surface area contributed by atoms with Crippen LogP contribution in [0.3, 0.4) is 0 Å². The van der Waals surface area contributed by atoms with Gasteiger partial charge in [-0.3, -0.25) is 19.8 Å². The van der Waals surface area contributed by atoms with E-state index in [1.165, 1.54) is 23.8 Å². The number of benzene rings is 2. The predicted molar refractivity (Wildman–Crippen MR) is 107 cm³/mol. The number of nitro benzene ring substituents is 1. The van der Waals surface area contributed by atoms with Crippen molar-refractivity contribution >= 4 is 17.7 Å². The lowest BCUT2D eigenvalue weighted by molar-refractivity contribution is -0.385. The summed E-state index contributed by atoms with van der Waals surface area (Å²) >= 11 is 0. The zero-order chi connectivity index (χ0) is 19.8. The van der Waals surface area contributed by atoms with Crippen molar-refractivity contribution in [3.05, 3.63) is 81.4 Å². The normalized spacial score (nSPS) is 14.9. The van der Waals surface area contributed by atoms with Crippen LogP contribution < -0.4 is 5.32 Å². The molecule has 2 aromatic carbocycles. The summed E-state index contributed by atoms with van der Waals surface area (Å²) in [5, 5.41) is 13.9. The van der Waals surface area contributed by atoms with E-state index in [-0.39, 0.29) is 11.6 Å². The summed E-state index contributed by atoms with van der Waals surface area (Å²) in [4.78, 5) is 25.1. The van der Waals surface area contributed by atoms with Crippen molar-refractivity contribution in [1.29, 1.82) is 0 Å². The van der Waals surface area contributed by atoms with Crippen LogP contribution in [0.1, 0.15) is 16.7 Å². The maximum atomic E-state index is 12.2. The third-order valence-corrected chi connectivity index (χ3v) is 4.62. The lowest BCUT2D eigenvalue weighted by Gasteiger charge is -2.27. The van der Waals surface area contributed by atoms with Gasteiger partial charge in [0.2, 0.25) is 5.91 Å². The minimum atomic E-state index is -0.459. The van der Waals surface area contributed by atoms with Crippen molar-refractivity contribution in [2.24, 2.45) is 0 Å². The molecular weight excluding hydrogens is 358 g/mol. The summed E-state index contributed by atoms with van der Waals surface area (Å²) in [5.74, 6) is -0.292. The second-order valence-electron chi connectivity index (χ2n) is 6.52. The van der Waals surface area contributed by atoms with E-state index >= 15 is 0 Å². The number of carbonyl (C=O) groups is 1. The van der Waals surface area contributed by atoms with Crippen LogP contribution in [0.4, 0.5) is 5.69 Å². The number of rotatable bonds is 7. The Morgan fingerprint density at radius 3 is 2.54 bits per heavy atom. The van der Waals surface area contributed by atoms with Gasteiger partial charge < -0.3 is 10.1 Å². The Balaban J connectivity index is 1.60. The van der Waals surface area contributed by atoms with Gasteiger partial charge in [-0.2, -0.15) is 0 Å². The average molecular weight is 381 g/mol. The summed E-state index contributed by atoms with van der Waals surface area (Å²) in [5.41, 5.74) is 2.60. The third kappa shape index (κ3) is 5.48. The first-order valence-electron chi connectivity index (χ1n) is 9.19. The lowest BCUT2D eigenvalue weighted by Crippen LogP contribution is -2.36. The second-order valence-corrected chi connectivity index (χ2v) is 6.52.